The lowest BCUT2D eigenvalue weighted by molar-refractivity contribution is -0.700. The van der Waals surface area contributed by atoms with E-state index in [1.807, 2.05) is 24.3 Å². The molecule has 31 heavy (non-hydrogen) atoms. The second-order valence-electron chi connectivity index (χ2n) is 7.57. The Hall–Kier alpha value is -3.54. The van der Waals surface area contributed by atoms with Gasteiger partial charge in [0.25, 0.3) is 0 Å². The molecule has 0 aliphatic carbocycles. The maximum atomic E-state index is 5.23. The molecule has 0 aliphatic rings. The second-order valence-corrected chi connectivity index (χ2v) is 7.57. The molecule has 0 saturated heterocycles. The number of rotatable bonds is 10. The van der Waals surface area contributed by atoms with Crippen LogP contribution in [0.4, 0.5) is 0 Å². The topological polar surface area (TPSA) is 36.1 Å². The molecule has 0 unspecified atom stereocenters. The molecule has 6 heteroatoms. The van der Waals surface area contributed by atoms with Crippen molar-refractivity contribution in [3.05, 3.63) is 86.0 Å². The van der Waals surface area contributed by atoms with Gasteiger partial charge >= 0.3 is 0 Å². The maximum Gasteiger partial charge on any atom is 0.248 e. The summed E-state index contributed by atoms with van der Waals surface area (Å²) >= 11 is 0. The largest absolute Gasteiger partial charge is 0.497 e. The molecule has 0 spiro atoms. The fraction of sp³-hybridized carbons (Fsp3) is 0.280. The highest BCUT2D eigenvalue weighted by molar-refractivity contribution is 5.37. The van der Waals surface area contributed by atoms with Crippen LogP contribution < -0.4 is 18.6 Å². The van der Waals surface area contributed by atoms with E-state index in [4.69, 9.17) is 9.47 Å². The van der Waals surface area contributed by atoms with Gasteiger partial charge in [-0.3, -0.25) is 0 Å². The minimum absolute atomic E-state index is 0.876. The maximum absolute atomic E-state index is 5.23. The molecule has 2 aromatic heterocycles. The first-order valence-electron chi connectivity index (χ1n) is 10.7. The average Bonchev–Trinajstić information content (AvgIpc) is 3.49. The van der Waals surface area contributed by atoms with Crippen LogP contribution in [-0.2, 0) is 13.1 Å². The van der Waals surface area contributed by atoms with Crippen molar-refractivity contribution < 1.29 is 18.6 Å². The number of ether oxygens (including phenoxy) is 2. The van der Waals surface area contributed by atoms with Gasteiger partial charge in [-0.15, -0.1) is 0 Å². The number of unbranched alkanes of at least 4 members (excludes halogenated alkanes) is 2. The number of hydrogen-bond acceptors (Lipinski definition) is 2. The molecule has 0 amide bonds. The molecule has 2 heterocycles. The molecular formula is C25H30N4O2+2. The number of imidazole rings is 2. The second kappa shape index (κ2) is 9.98. The number of methoxy groups -OCH3 is 2. The highest BCUT2D eigenvalue weighted by Gasteiger charge is 2.08. The van der Waals surface area contributed by atoms with Crippen molar-refractivity contribution in [2.75, 3.05) is 14.2 Å². The third kappa shape index (κ3) is 5.34. The Bertz CT molecular complexity index is 994. The van der Waals surface area contributed by atoms with E-state index < -0.39 is 0 Å². The summed E-state index contributed by atoms with van der Waals surface area (Å²) < 4.78 is 19.2. The van der Waals surface area contributed by atoms with Crippen LogP contribution in [0.15, 0.2) is 86.0 Å². The Morgan fingerprint density at radius 1 is 0.613 bits per heavy atom. The lowest BCUT2D eigenvalue weighted by atomic mass is 10.2. The third-order valence-corrected chi connectivity index (χ3v) is 5.46. The molecule has 0 N–H and O–H groups in total. The molecule has 4 aromatic rings. The van der Waals surface area contributed by atoms with Gasteiger partial charge in [0.15, 0.2) is 0 Å². The summed E-state index contributed by atoms with van der Waals surface area (Å²) in [5, 5.41) is 0. The van der Waals surface area contributed by atoms with Crippen LogP contribution in [0.5, 0.6) is 11.5 Å². The van der Waals surface area contributed by atoms with Gasteiger partial charge in [-0.1, -0.05) is 0 Å². The van der Waals surface area contributed by atoms with E-state index in [2.05, 4.69) is 80.0 Å². The summed E-state index contributed by atoms with van der Waals surface area (Å²) in [5.41, 5.74) is 2.27. The quantitative estimate of drug-likeness (QED) is 0.291. The Balaban J connectivity index is 1.21. The highest BCUT2D eigenvalue weighted by Crippen LogP contribution is 2.15. The molecule has 4 rings (SSSR count). The summed E-state index contributed by atoms with van der Waals surface area (Å²) in [4.78, 5) is 0. The summed E-state index contributed by atoms with van der Waals surface area (Å²) in [7, 11) is 3.38. The van der Waals surface area contributed by atoms with Crippen LogP contribution >= 0.6 is 0 Å². The zero-order valence-electron chi connectivity index (χ0n) is 18.2. The van der Waals surface area contributed by atoms with Crippen molar-refractivity contribution >= 4 is 0 Å². The van der Waals surface area contributed by atoms with Gasteiger partial charge in [-0.25, -0.2) is 18.3 Å². The Morgan fingerprint density at radius 2 is 1.03 bits per heavy atom. The normalized spacial score (nSPS) is 10.9. The van der Waals surface area contributed by atoms with Gasteiger partial charge in [0.2, 0.25) is 12.7 Å². The van der Waals surface area contributed by atoms with Crippen molar-refractivity contribution in [1.29, 1.82) is 0 Å². The minimum Gasteiger partial charge on any atom is -0.497 e. The van der Waals surface area contributed by atoms with E-state index in [0.717, 1.165) is 48.8 Å². The van der Waals surface area contributed by atoms with Gasteiger partial charge in [-0.2, -0.15) is 0 Å². The minimum atomic E-state index is 0.876. The number of aryl methyl sites for hydroxylation is 2. The molecule has 0 atom stereocenters. The predicted octanol–water partition coefficient (Wildman–Crippen LogP) is 3.73. The zero-order valence-corrected chi connectivity index (χ0v) is 18.2. The van der Waals surface area contributed by atoms with Crippen LogP contribution in [0.25, 0.3) is 11.4 Å². The summed E-state index contributed by atoms with van der Waals surface area (Å²) in [6.07, 6.45) is 16.3. The molecular weight excluding hydrogens is 388 g/mol. The summed E-state index contributed by atoms with van der Waals surface area (Å²) in [5.74, 6) is 1.75. The zero-order chi connectivity index (χ0) is 21.5. The lowest BCUT2D eigenvalue weighted by Crippen LogP contribution is -2.32. The fourth-order valence-corrected chi connectivity index (χ4v) is 3.63. The van der Waals surface area contributed by atoms with Gasteiger partial charge in [0.1, 0.15) is 47.7 Å². The van der Waals surface area contributed by atoms with E-state index in [1.165, 1.54) is 6.42 Å². The molecule has 0 aliphatic heterocycles. The van der Waals surface area contributed by atoms with Crippen LogP contribution in [0.2, 0.25) is 0 Å². The standard InChI is InChI=1S/C25H30N4O2/c1-30-24-10-6-22(7-11-24)28-18-16-26(20-28)14-4-3-5-15-27-17-19-29(21-27)23-8-12-25(31-2)13-9-23/h6-13,16-21H,3-5,14-15H2,1-2H3/q+2. The summed E-state index contributed by atoms with van der Waals surface area (Å²) in [6, 6.07) is 16.2. The van der Waals surface area contributed by atoms with Crippen LogP contribution in [0.3, 0.4) is 0 Å². The molecule has 160 valence electrons. The average molecular weight is 419 g/mol. The van der Waals surface area contributed by atoms with Crippen LogP contribution in [0.1, 0.15) is 19.3 Å². The first-order chi connectivity index (χ1) is 15.2. The SMILES string of the molecule is COc1ccc(-n2cc[n+](CCCCC[n+]3ccn(-c4ccc(OC)cc4)c3)c2)cc1. The third-order valence-electron chi connectivity index (χ3n) is 5.46. The number of nitrogens with zero attached hydrogens (tertiary/aromatic N) is 4. The monoisotopic (exact) mass is 418 g/mol. The van der Waals surface area contributed by atoms with Crippen molar-refractivity contribution in [2.45, 2.75) is 32.4 Å². The van der Waals surface area contributed by atoms with Gasteiger partial charge in [0.05, 0.1) is 27.3 Å². The van der Waals surface area contributed by atoms with Crippen LogP contribution in [0, 0.1) is 0 Å². The first-order valence-corrected chi connectivity index (χ1v) is 10.7. The van der Waals surface area contributed by atoms with Gasteiger partial charge < -0.3 is 9.47 Å². The molecule has 0 bridgehead atoms. The number of aromatic nitrogens is 4. The Kier molecular flexibility index (Phi) is 6.67. The summed E-state index contributed by atoms with van der Waals surface area (Å²) in [6.45, 7) is 2.06. The van der Waals surface area contributed by atoms with Crippen molar-refractivity contribution in [2.24, 2.45) is 0 Å². The van der Waals surface area contributed by atoms with Crippen molar-refractivity contribution in [1.82, 2.24) is 9.13 Å². The smallest absolute Gasteiger partial charge is 0.248 e. The molecule has 6 nitrogen and oxygen atoms in total. The van der Waals surface area contributed by atoms with Gasteiger partial charge in [0, 0.05) is 0 Å². The first kappa shape index (κ1) is 20.7. The van der Waals surface area contributed by atoms with Crippen molar-refractivity contribution in [3.63, 3.8) is 0 Å². The fourth-order valence-electron chi connectivity index (χ4n) is 3.63. The lowest BCUT2D eigenvalue weighted by Gasteiger charge is -2.00. The van der Waals surface area contributed by atoms with Gasteiger partial charge in [-0.05, 0) is 67.8 Å². The van der Waals surface area contributed by atoms with E-state index >= 15 is 0 Å². The Morgan fingerprint density at radius 3 is 1.42 bits per heavy atom. The highest BCUT2D eigenvalue weighted by atomic mass is 16.5. The molecule has 0 radical (unpaired) electrons. The predicted molar refractivity (Wildman–Crippen MR) is 119 cm³/mol. The van der Waals surface area contributed by atoms with E-state index in [0.29, 0.717) is 0 Å². The molecule has 0 saturated carbocycles. The van der Waals surface area contributed by atoms with E-state index in [1.54, 1.807) is 14.2 Å². The number of benzene rings is 2. The number of hydrogen-bond donors (Lipinski definition) is 0. The van der Waals surface area contributed by atoms with Crippen molar-refractivity contribution in [3.8, 4) is 22.9 Å². The Labute approximate surface area is 183 Å². The molecule has 0 fully saturated rings. The van der Waals surface area contributed by atoms with E-state index in [9.17, 15) is 0 Å². The molecule has 2 aromatic carbocycles. The van der Waals surface area contributed by atoms with Crippen LogP contribution in [-0.4, -0.2) is 23.4 Å². The van der Waals surface area contributed by atoms with E-state index in [-0.39, 0.29) is 0 Å².